The predicted octanol–water partition coefficient (Wildman–Crippen LogP) is 5.93. The number of halogens is 1. The van der Waals surface area contributed by atoms with Gasteiger partial charge in [0.15, 0.2) is 0 Å². The minimum absolute atomic E-state index is 0.519. The van der Waals surface area contributed by atoms with Crippen LogP contribution in [0.5, 0.6) is 0 Å². The highest BCUT2D eigenvalue weighted by Crippen LogP contribution is 2.23. The number of benzene rings is 2. The summed E-state index contributed by atoms with van der Waals surface area (Å²) in [6.45, 7) is 3.76. The van der Waals surface area contributed by atoms with Gasteiger partial charge in [-0.25, -0.2) is 0 Å². The van der Waals surface area contributed by atoms with Gasteiger partial charge < -0.3 is 9.84 Å². The first-order valence-electron chi connectivity index (χ1n) is 7.55. The topological polar surface area (TPSA) is 29.5 Å². The van der Waals surface area contributed by atoms with E-state index in [0.29, 0.717) is 5.76 Å². The molecule has 1 N–H and O–H groups in total. The highest BCUT2D eigenvalue weighted by molar-refractivity contribution is 6.30. The summed E-state index contributed by atoms with van der Waals surface area (Å²) in [4.78, 5) is 0. The van der Waals surface area contributed by atoms with E-state index in [2.05, 4.69) is 30.8 Å². The van der Waals surface area contributed by atoms with Gasteiger partial charge in [-0.05, 0) is 48.1 Å². The van der Waals surface area contributed by atoms with Gasteiger partial charge in [0.1, 0.15) is 5.76 Å². The smallest absolute Gasteiger partial charge is 0.117 e. The lowest BCUT2D eigenvalue weighted by molar-refractivity contribution is 0.296. The van der Waals surface area contributed by atoms with Crippen molar-refractivity contribution in [3.8, 4) is 11.1 Å². The summed E-state index contributed by atoms with van der Waals surface area (Å²) < 4.78 is 5.05. The SMILES string of the molecule is C=C(OC)/C(=C\O)CCCc1ccc(-c2ccc(Cl)cc2)cc1. The van der Waals surface area contributed by atoms with Gasteiger partial charge in [0.2, 0.25) is 0 Å². The van der Waals surface area contributed by atoms with Crippen molar-refractivity contribution >= 4 is 11.6 Å². The van der Waals surface area contributed by atoms with Crippen LogP contribution in [0.4, 0.5) is 0 Å². The molecule has 0 atom stereocenters. The second-order valence-corrected chi connectivity index (χ2v) is 5.78. The molecule has 2 aromatic carbocycles. The molecule has 0 heterocycles. The van der Waals surface area contributed by atoms with Crippen LogP contribution >= 0.6 is 11.6 Å². The largest absolute Gasteiger partial charge is 0.515 e. The van der Waals surface area contributed by atoms with Gasteiger partial charge in [0.25, 0.3) is 0 Å². The third kappa shape index (κ3) is 4.90. The summed E-state index contributed by atoms with van der Waals surface area (Å²) in [6, 6.07) is 16.4. The van der Waals surface area contributed by atoms with Crippen LogP contribution in [0.15, 0.2) is 72.7 Å². The third-order valence-electron chi connectivity index (χ3n) is 3.80. The van der Waals surface area contributed by atoms with Crippen molar-refractivity contribution in [3.63, 3.8) is 0 Å². The highest BCUT2D eigenvalue weighted by Gasteiger charge is 2.04. The van der Waals surface area contributed by atoms with Crippen LogP contribution in [0.3, 0.4) is 0 Å². The molecule has 0 radical (unpaired) electrons. The molecule has 23 heavy (non-hydrogen) atoms. The van der Waals surface area contributed by atoms with Crippen LogP contribution in [-0.2, 0) is 11.2 Å². The first-order valence-corrected chi connectivity index (χ1v) is 7.93. The molecule has 0 saturated heterocycles. The Morgan fingerprint density at radius 3 is 2.17 bits per heavy atom. The van der Waals surface area contributed by atoms with E-state index in [-0.39, 0.29) is 0 Å². The van der Waals surface area contributed by atoms with Gasteiger partial charge in [-0.15, -0.1) is 0 Å². The Labute approximate surface area is 142 Å². The lowest BCUT2D eigenvalue weighted by atomic mass is 10.0. The van der Waals surface area contributed by atoms with Crippen LogP contribution in [0.1, 0.15) is 18.4 Å². The second kappa shape index (κ2) is 8.44. The number of allylic oxidation sites excluding steroid dienone is 1. The summed E-state index contributed by atoms with van der Waals surface area (Å²) in [5.74, 6) is 0.519. The number of hydrogen-bond donors (Lipinski definition) is 1. The Hall–Kier alpha value is -2.19. The number of aryl methyl sites for hydroxylation is 1. The zero-order valence-corrected chi connectivity index (χ0v) is 14.0. The van der Waals surface area contributed by atoms with E-state index in [1.165, 1.54) is 11.1 Å². The van der Waals surface area contributed by atoms with Crippen molar-refractivity contribution in [2.75, 3.05) is 7.11 Å². The molecule has 0 aliphatic heterocycles. The van der Waals surface area contributed by atoms with Crippen molar-refractivity contribution in [2.24, 2.45) is 0 Å². The minimum Gasteiger partial charge on any atom is -0.515 e. The number of hydrogen-bond acceptors (Lipinski definition) is 2. The maximum Gasteiger partial charge on any atom is 0.117 e. The lowest BCUT2D eigenvalue weighted by Crippen LogP contribution is -1.94. The summed E-state index contributed by atoms with van der Waals surface area (Å²) in [5, 5.41) is 9.94. The zero-order valence-electron chi connectivity index (χ0n) is 13.3. The number of ether oxygens (including phenoxy) is 1. The molecule has 2 aromatic rings. The standard InChI is InChI=1S/C20H21ClO2/c1-15(23-2)19(14-22)5-3-4-16-6-8-17(9-7-16)18-10-12-20(21)13-11-18/h6-14,22H,1,3-5H2,2H3/b19-14-. The molecule has 0 amide bonds. The predicted molar refractivity (Wildman–Crippen MR) is 96.7 cm³/mol. The fourth-order valence-electron chi connectivity index (χ4n) is 2.40. The number of aliphatic hydroxyl groups is 1. The number of rotatable bonds is 7. The first kappa shape index (κ1) is 17.2. The average Bonchev–Trinajstić information content (AvgIpc) is 2.59. The Bertz CT molecular complexity index is 670. The third-order valence-corrected chi connectivity index (χ3v) is 4.06. The van der Waals surface area contributed by atoms with Crippen LogP contribution in [0, 0.1) is 0 Å². The van der Waals surface area contributed by atoms with Crippen molar-refractivity contribution in [3.05, 3.63) is 83.3 Å². The zero-order chi connectivity index (χ0) is 16.7. The van der Waals surface area contributed by atoms with Crippen molar-refractivity contribution in [1.29, 1.82) is 0 Å². The van der Waals surface area contributed by atoms with Crippen LogP contribution in [0.2, 0.25) is 5.02 Å². The van der Waals surface area contributed by atoms with E-state index in [4.69, 9.17) is 16.3 Å². The Kier molecular flexibility index (Phi) is 6.30. The first-order chi connectivity index (χ1) is 11.1. The molecule has 0 aliphatic rings. The van der Waals surface area contributed by atoms with Gasteiger partial charge >= 0.3 is 0 Å². The summed E-state index contributed by atoms with van der Waals surface area (Å²) in [5.41, 5.74) is 4.34. The maximum atomic E-state index is 9.19. The van der Waals surface area contributed by atoms with Crippen LogP contribution in [-0.4, -0.2) is 12.2 Å². The molecule has 0 aliphatic carbocycles. The number of methoxy groups -OCH3 is 1. The molecular formula is C20H21ClO2. The van der Waals surface area contributed by atoms with Gasteiger partial charge in [-0.2, -0.15) is 0 Å². The molecule has 0 aromatic heterocycles. The molecule has 0 saturated carbocycles. The Morgan fingerprint density at radius 1 is 1.09 bits per heavy atom. The molecule has 0 bridgehead atoms. The van der Waals surface area contributed by atoms with E-state index in [9.17, 15) is 5.11 Å². The fraction of sp³-hybridized carbons (Fsp3) is 0.200. The number of aliphatic hydroxyl groups excluding tert-OH is 1. The van der Waals surface area contributed by atoms with Crippen molar-refractivity contribution < 1.29 is 9.84 Å². The lowest BCUT2D eigenvalue weighted by Gasteiger charge is -2.09. The van der Waals surface area contributed by atoms with Gasteiger partial charge in [-0.1, -0.05) is 54.6 Å². The average molecular weight is 329 g/mol. The van der Waals surface area contributed by atoms with E-state index in [1.807, 2.05) is 24.3 Å². The summed E-state index contributed by atoms with van der Waals surface area (Å²) in [6.07, 6.45) is 3.68. The van der Waals surface area contributed by atoms with Crippen LogP contribution in [0.25, 0.3) is 11.1 Å². The Morgan fingerprint density at radius 2 is 1.65 bits per heavy atom. The van der Waals surface area contributed by atoms with Gasteiger partial charge in [0.05, 0.1) is 13.4 Å². The summed E-state index contributed by atoms with van der Waals surface area (Å²) in [7, 11) is 1.56. The molecule has 0 fully saturated rings. The van der Waals surface area contributed by atoms with Gasteiger partial charge in [-0.3, -0.25) is 0 Å². The molecule has 0 unspecified atom stereocenters. The molecule has 2 rings (SSSR count). The van der Waals surface area contributed by atoms with E-state index in [1.54, 1.807) is 7.11 Å². The monoisotopic (exact) mass is 328 g/mol. The minimum atomic E-state index is 0.519. The summed E-state index contributed by atoms with van der Waals surface area (Å²) >= 11 is 5.91. The van der Waals surface area contributed by atoms with Crippen LogP contribution < -0.4 is 0 Å². The molecule has 2 nitrogen and oxygen atoms in total. The quantitative estimate of drug-likeness (QED) is 0.504. The molecule has 120 valence electrons. The Balaban J connectivity index is 1.93. The van der Waals surface area contributed by atoms with Crippen molar-refractivity contribution in [1.82, 2.24) is 0 Å². The van der Waals surface area contributed by atoms with E-state index >= 15 is 0 Å². The van der Waals surface area contributed by atoms with Gasteiger partial charge in [0, 0.05) is 10.6 Å². The molecule has 3 heteroatoms. The van der Waals surface area contributed by atoms with Crippen molar-refractivity contribution in [2.45, 2.75) is 19.3 Å². The maximum absolute atomic E-state index is 9.19. The molecule has 0 spiro atoms. The second-order valence-electron chi connectivity index (χ2n) is 5.34. The van der Waals surface area contributed by atoms with E-state index < -0.39 is 0 Å². The van der Waals surface area contributed by atoms with E-state index in [0.717, 1.165) is 41.7 Å². The normalized spacial score (nSPS) is 11.3. The highest BCUT2D eigenvalue weighted by atomic mass is 35.5. The fourth-order valence-corrected chi connectivity index (χ4v) is 2.52. The molecular weight excluding hydrogens is 308 g/mol.